The van der Waals surface area contributed by atoms with Crippen molar-refractivity contribution in [3.8, 4) is 34.8 Å². The molecule has 0 fully saturated rings. The van der Waals surface area contributed by atoms with Crippen LogP contribution in [-0.2, 0) is 0 Å². The fourth-order valence-electron chi connectivity index (χ4n) is 1.98. The Morgan fingerprint density at radius 1 is 0.957 bits per heavy atom. The van der Waals surface area contributed by atoms with Crippen LogP contribution in [0.5, 0.6) is 23.0 Å². The first-order chi connectivity index (χ1) is 11.1. The number of phenols is 1. The topological polar surface area (TPSA) is 65.0 Å². The molecule has 118 valence electrons. The minimum atomic E-state index is -0.504. The standard InChI is InChI=1S/C18H16O5/c1-21-15-10-8-12(11-17(15)23-3)7-9-14(19)13-5-4-6-16(22-2)18(13)20/h4-6,8,10-11,20H,1-3H3. The number of ketones is 1. The Labute approximate surface area is 134 Å². The average molecular weight is 312 g/mol. The van der Waals surface area contributed by atoms with Crippen LogP contribution in [0.15, 0.2) is 36.4 Å². The highest BCUT2D eigenvalue weighted by atomic mass is 16.5. The highest BCUT2D eigenvalue weighted by Gasteiger charge is 2.12. The molecular formula is C18H16O5. The zero-order chi connectivity index (χ0) is 16.8. The number of hydrogen-bond acceptors (Lipinski definition) is 5. The van der Waals surface area contributed by atoms with E-state index in [1.807, 2.05) is 0 Å². The summed E-state index contributed by atoms with van der Waals surface area (Å²) in [7, 11) is 4.48. The third kappa shape index (κ3) is 3.55. The average Bonchev–Trinajstić information content (AvgIpc) is 2.59. The monoisotopic (exact) mass is 312 g/mol. The summed E-state index contributed by atoms with van der Waals surface area (Å²) in [5.41, 5.74) is 0.690. The zero-order valence-corrected chi connectivity index (χ0v) is 13.0. The van der Waals surface area contributed by atoms with Crippen LogP contribution in [0, 0.1) is 11.8 Å². The predicted molar refractivity (Wildman–Crippen MR) is 85.4 cm³/mol. The van der Waals surface area contributed by atoms with Crippen molar-refractivity contribution < 1.29 is 24.1 Å². The molecule has 2 rings (SSSR count). The molecule has 5 heteroatoms. The van der Waals surface area contributed by atoms with Crippen molar-refractivity contribution >= 4 is 5.78 Å². The van der Waals surface area contributed by atoms with Crippen LogP contribution in [0.3, 0.4) is 0 Å². The predicted octanol–water partition coefficient (Wildman–Crippen LogP) is 2.65. The minimum Gasteiger partial charge on any atom is -0.504 e. The van der Waals surface area contributed by atoms with Crippen molar-refractivity contribution in [2.75, 3.05) is 21.3 Å². The molecule has 0 aliphatic rings. The number of para-hydroxylation sites is 1. The summed E-state index contributed by atoms with van der Waals surface area (Å²) in [5.74, 6) is 5.85. The summed E-state index contributed by atoms with van der Waals surface area (Å²) in [5, 5.41) is 9.96. The molecule has 0 aliphatic heterocycles. The van der Waals surface area contributed by atoms with Gasteiger partial charge in [0.1, 0.15) is 0 Å². The van der Waals surface area contributed by atoms with Crippen LogP contribution in [0.1, 0.15) is 15.9 Å². The Bertz CT molecular complexity index is 784. The summed E-state index contributed by atoms with van der Waals surface area (Å²) in [6.07, 6.45) is 0. The lowest BCUT2D eigenvalue weighted by atomic mass is 10.1. The molecule has 2 aromatic carbocycles. The number of hydrogen-bond donors (Lipinski definition) is 1. The quantitative estimate of drug-likeness (QED) is 0.694. The Balaban J connectivity index is 2.30. The first-order valence-corrected chi connectivity index (χ1v) is 6.75. The van der Waals surface area contributed by atoms with E-state index in [1.54, 1.807) is 30.3 Å². The van der Waals surface area contributed by atoms with Crippen molar-refractivity contribution in [2.45, 2.75) is 0 Å². The first-order valence-electron chi connectivity index (χ1n) is 6.75. The van der Waals surface area contributed by atoms with E-state index in [0.29, 0.717) is 17.1 Å². The molecule has 0 bridgehead atoms. The number of methoxy groups -OCH3 is 3. The molecule has 1 N–H and O–H groups in total. The zero-order valence-electron chi connectivity index (χ0n) is 13.0. The maximum Gasteiger partial charge on any atom is 0.240 e. The summed E-state index contributed by atoms with van der Waals surface area (Å²) < 4.78 is 15.3. The van der Waals surface area contributed by atoms with E-state index >= 15 is 0 Å². The normalized spacial score (nSPS) is 9.52. The van der Waals surface area contributed by atoms with Gasteiger partial charge >= 0.3 is 0 Å². The van der Waals surface area contributed by atoms with Crippen molar-refractivity contribution in [3.63, 3.8) is 0 Å². The molecule has 0 amide bonds. The molecule has 23 heavy (non-hydrogen) atoms. The van der Waals surface area contributed by atoms with Gasteiger partial charge in [-0.3, -0.25) is 4.79 Å². The molecule has 0 spiro atoms. The highest BCUT2D eigenvalue weighted by Crippen LogP contribution is 2.30. The second-order valence-electron chi connectivity index (χ2n) is 4.51. The van der Waals surface area contributed by atoms with Gasteiger partial charge in [-0.25, -0.2) is 0 Å². The molecule has 0 unspecified atom stereocenters. The van der Waals surface area contributed by atoms with Crippen LogP contribution in [0.4, 0.5) is 0 Å². The van der Waals surface area contributed by atoms with E-state index in [2.05, 4.69) is 11.8 Å². The Morgan fingerprint density at radius 2 is 1.65 bits per heavy atom. The van der Waals surface area contributed by atoms with Gasteiger partial charge in [-0.05, 0) is 36.3 Å². The molecule has 0 aromatic heterocycles. The van der Waals surface area contributed by atoms with E-state index in [1.165, 1.54) is 27.4 Å². The number of benzene rings is 2. The van der Waals surface area contributed by atoms with Crippen molar-refractivity contribution in [1.29, 1.82) is 0 Å². The number of rotatable bonds is 4. The van der Waals surface area contributed by atoms with Crippen LogP contribution < -0.4 is 14.2 Å². The summed E-state index contributed by atoms with van der Waals surface area (Å²) in [6.45, 7) is 0. The molecule has 0 saturated heterocycles. The summed E-state index contributed by atoms with van der Waals surface area (Å²) in [6, 6.07) is 9.76. The third-order valence-electron chi connectivity index (χ3n) is 3.17. The number of carbonyl (C=O) groups excluding carboxylic acids is 1. The summed E-state index contributed by atoms with van der Waals surface area (Å²) >= 11 is 0. The van der Waals surface area contributed by atoms with Gasteiger partial charge in [0, 0.05) is 5.56 Å². The van der Waals surface area contributed by atoms with E-state index < -0.39 is 5.78 Å². The smallest absolute Gasteiger partial charge is 0.240 e. The van der Waals surface area contributed by atoms with Crippen LogP contribution in [0.25, 0.3) is 0 Å². The van der Waals surface area contributed by atoms with Gasteiger partial charge in [-0.15, -0.1) is 0 Å². The number of carbonyl (C=O) groups is 1. The Morgan fingerprint density at radius 3 is 2.30 bits per heavy atom. The fourth-order valence-corrected chi connectivity index (χ4v) is 1.98. The maximum atomic E-state index is 12.1. The fraction of sp³-hybridized carbons (Fsp3) is 0.167. The van der Waals surface area contributed by atoms with E-state index in [9.17, 15) is 9.90 Å². The van der Waals surface area contributed by atoms with Gasteiger partial charge in [0.15, 0.2) is 23.0 Å². The van der Waals surface area contributed by atoms with Crippen molar-refractivity contribution in [3.05, 3.63) is 47.5 Å². The number of ether oxygens (including phenoxy) is 3. The molecule has 0 saturated carbocycles. The van der Waals surface area contributed by atoms with Gasteiger partial charge < -0.3 is 19.3 Å². The van der Waals surface area contributed by atoms with Crippen LogP contribution in [0.2, 0.25) is 0 Å². The lowest BCUT2D eigenvalue weighted by Gasteiger charge is -2.06. The minimum absolute atomic E-state index is 0.0947. The SMILES string of the molecule is COc1ccc(C#CC(=O)c2cccc(OC)c2O)cc1OC. The molecule has 0 heterocycles. The first kappa shape index (κ1) is 16.2. The van der Waals surface area contributed by atoms with Crippen molar-refractivity contribution in [2.24, 2.45) is 0 Å². The number of Topliss-reactive ketones (excluding diaryl/α,β-unsaturated/α-hetero) is 1. The molecule has 2 aromatic rings. The van der Waals surface area contributed by atoms with E-state index in [-0.39, 0.29) is 17.1 Å². The van der Waals surface area contributed by atoms with Crippen LogP contribution in [-0.4, -0.2) is 32.2 Å². The third-order valence-corrected chi connectivity index (χ3v) is 3.17. The molecule has 5 nitrogen and oxygen atoms in total. The molecular weight excluding hydrogens is 296 g/mol. The lowest BCUT2D eigenvalue weighted by Crippen LogP contribution is -1.97. The van der Waals surface area contributed by atoms with E-state index in [4.69, 9.17) is 14.2 Å². The highest BCUT2D eigenvalue weighted by molar-refractivity contribution is 6.11. The van der Waals surface area contributed by atoms with Gasteiger partial charge in [0.05, 0.1) is 26.9 Å². The van der Waals surface area contributed by atoms with E-state index in [0.717, 1.165) is 0 Å². The Kier molecular flexibility index (Phi) is 5.11. The second-order valence-corrected chi connectivity index (χ2v) is 4.51. The van der Waals surface area contributed by atoms with Crippen LogP contribution >= 0.6 is 0 Å². The Hall–Kier alpha value is -3.13. The number of phenolic OH excluding ortho intramolecular Hbond substituents is 1. The molecule has 0 aliphatic carbocycles. The van der Waals surface area contributed by atoms with Gasteiger partial charge in [0.2, 0.25) is 5.78 Å². The van der Waals surface area contributed by atoms with Gasteiger partial charge in [-0.1, -0.05) is 12.0 Å². The second kappa shape index (κ2) is 7.23. The molecule has 0 radical (unpaired) electrons. The largest absolute Gasteiger partial charge is 0.504 e. The number of aromatic hydroxyl groups is 1. The maximum absolute atomic E-state index is 12.1. The summed E-state index contributed by atoms with van der Waals surface area (Å²) in [4.78, 5) is 12.1. The van der Waals surface area contributed by atoms with Crippen molar-refractivity contribution in [1.82, 2.24) is 0 Å². The lowest BCUT2D eigenvalue weighted by molar-refractivity contribution is 0.105. The van der Waals surface area contributed by atoms with Gasteiger partial charge in [0.25, 0.3) is 0 Å². The molecule has 0 atom stereocenters. The van der Waals surface area contributed by atoms with Gasteiger partial charge in [-0.2, -0.15) is 0 Å².